The molecule has 1 aliphatic carbocycles. The molecule has 0 radical (unpaired) electrons. The largest absolute Gasteiger partial charge is 0.438 e. The molecule has 16 heavy (non-hydrogen) atoms. The van der Waals surface area contributed by atoms with E-state index < -0.39 is 0 Å². The topological polar surface area (TPSA) is 38.1 Å². The predicted molar refractivity (Wildman–Crippen MR) is 63.9 cm³/mol. The average molecular weight is 257 g/mol. The third-order valence-electron chi connectivity index (χ3n) is 2.57. The van der Waals surface area contributed by atoms with Crippen molar-refractivity contribution in [3.63, 3.8) is 0 Å². The van der Waals surface area contributed by atoms with E-state index in [9.17, 15) is 0 Å². The normalized spacial score (nSPS) is 15.9. The first-order chi connectivity index (χ1) is 7.72. The molecule has 0 atom stereocenters. The fourth-order valence-electron chi connectivity index (χ4n) is 1.60. The smallest absolute Gasteiger partial charge is 0.209 e. The summed E-state index contributed by atoms with van der Waals surface area (Å²) in [5.41, 5.74) is 1.32. The number of fused-ring (bicyclic) bond motifs is 1. The van der Waals surface area contributed by atoms with E-state index >= 15 is 0 Å². The van der Waals surface area contributed by atoms with Gasteiger partial charge in [-0.05, 0) is 25.0 Å². The highest BCUT2D eigenvalue weighted by molar-refractivity contribution is 6.37. The molecule has 1 saturated carbocycles. The van der Waals surface area contributed by atoms with Crippen molar-refractivity contribution in [3.8, 4) is 0 Å². The Morgan fingerprint density at radius 3 is 2.94 bits per heavy atom. The Bertz CT molecular complexity index is 534. The molecule has 0 spiro atoms. The van der Waals surface area contributed by atoms with Crippen LogP contribution in [0.3, 0.4) is 0 Å². The standard InChI is InChI=1S/C11H10Cl2N2O/c12-6-3-8(13)11-9(4-6)15-10(16-11)5-14-7-1-2-7/h3-4,7,14H,1-2,5H2. The summed E-state index contributed by atoms with van der Waals surface area (Å²) < 4.78 is 5.57. The number of nitrogens with one attached hydrogen (secondary N) is 1. The maximum atomic E-state index is 6.01. The fraction of sp³-hybridized carbons (Fsp3) is 0.364. The van der Waals surface area contributed by atoms with E-state index in [2.05, 4.69) is 10.3 Å². The van der Waals surface area contributed by atoms with E-state index in [1.807, 2.05) is 0 Å². The van der Waals surface area contributed by atoms with E-state index in [1.54, 1.807) is 12.1 Å². The molecule has 0 unspecified atom stereocenters. The molecule has 1 fully saturated rings. The molecule has 0 saturated heterocycles. The zero-order valence-corrected chi connectivity index (χ0v) is 9.98. The first kappa shape index (κ1) is 10.4. The minimum Gasteiger partial charge on any atom is -0.438 e. The second kappa shape index (κ2) is 3.91. The Labute approximate surface area is 103 Å². The van der Waals surface area contributed by atoms with Crippen molar-refractivity contribution in [3.05, 3.63) is 28.1 Å². The highest BCUT2D eigenvalue weighted by Crippen LogP contribution is 2.28. The molecular weight excluding hydrogens is 247 g/mol. The fourth-order valence-corrected chi connectivity index (χ4v) is 2.12. The minimum absolute atomic E-state index is 0.507. The zero-order valence-electron chi connectivity index (χ0n) is 8.46. The van der Waals surface area contributed by atoms with Crippen molar-refractivity contribution < 1.29 is 4.42 Å². The quantitative estimate of drug-likeness (QED) is 0.915. The number of aromatic nitrogens is 1. The lowest BCUT2D eigenvalue weighted by Crippen LogP contribution is -2.15. The molecule has 3 rings (SSSR count). The number of halogens is 2. The lowest BCUT2D eigenvalue weighted by Gasteiger charge is -1.95. The van der Waals surface area contributed by atoms with E-state index in [1.165, 1.54) is 12.8 Å². The molecule has 5 heteroatoms. The Hall–Kier alpha value is -0.770. The first-order valence-corrected chi connectivity index (χ1v) is 5.96. The van der Waals surface area contributed by atoms with E-state index in [-0.39, 0.29) is 0 Å². The van der Waals surface area contributed by atoms with Crippen molar-refractivity contribution >= 4 is 34.3 Å². The van der Waals surface area contributed by atoms with Crippen LogP contribution in [0.15, 0.2) is 16.5 Å². The molecule has 84 valence electrons. The van der Waals surface area contributed by atoms with Crippen molar-refractivity contribution in [1.82, 2.24) is 10.3 Å². The van der Waals surface area contributed by atoms with Crippen LogP contribution in [0.5, 0.6) is 0 Å². The molecule has 0 aliphatic heterocycles. The van der Waals surface area contributed by atoms with E-state index in [0.29, 0.717) is 39.6 Å². The third kappa shape index (κ3) is 2.03. The van der Waals surface area contributed by atoms with Crippen LogP contribution in [0.4, 0.5) is 0 Å². The SMILES string of the molecule is Clc1cc(Cl)c2oc(CNC3CC3)nc2c1. The Morgan fingerprint density at radius 1 is 1.38 bits per heavy atom. The van der Waals surface area contributed by atoms with Gasteiger partial charge < -0.3 is 9.73 Å². The van der Waals surface area contributed by atoms with E-state index in [0.717, 1.165) is 0 Å². The molecule has 2 aromatic rings. The second-order valence-electron chi connectivity index (χ2n) is 4.00. The van der Waals surface area contributed by atoms with Crippen molar-refractivity contribution in [2.24, 2.45) is 0 Å². The summed E-state index contributed by atoms with van der Waals surface area (Å²) in [5, 5.41) is 4.42. The van der Waals surface area contributed by atoms with Crippen LogP contribution in [-0.2, 0) is 6.54 Å². The number of hydrogen-bond acceptors (Lipinski definition) is 3. The summed E-state index contributed by atoms with van der Waals surface area (Å²) in [5.74, 6) is 0.658. The molecule has 0 amide bonds. The number of nitrogens with zero attached hydrogens (tertiary/aromatic N) is 1. The van der Waals surface area contributed by atoms with Crippen molar-refractivity contribution in [2.75, 3.05) is 0 Å². The van der Waals surface area contributed by atoms with Crippen LogP contribution in [0.2, 0.25) is 10.0 Å². The molecule has 1 aliphatic rings. The second-order valence-corrected chi connectivity index (χ2v) is 4.84. The summed E-state index contributed by atoms with van der Waals surface area (Å²) in [7, 11) is 0. The third-order valence-corrected chi connectivity index (χ3v) is 3.07. The van der Waals surface area contributed by atoms with Gasteiger partial charge >= 0.3 is 0 Å². The monoisotopic (exact) mass is 256 g/mol. The van der Waals surface area contributed by atoms with Gasteiger partial charge in [0, 0.05) is 11.1 Å². The minimum atomic E-state index is 0.507. The van der Waals surface area contributed by atoms with Gasteiger partial charge in [-0.3, -0.25) is 0 Å². The van der Waals surface area contributed by atoms with Crippen LogP contribution < -0.4 is 5.32 Å². The van der Waals surface area contributed by atoms with Gasteiger partial charge in [0.1, 0.15) is 5.52 Å². The molecular formula is C11H10Cl2N2O. The summed E-state index contributed by atoms with van der Waals surface area (Å²) >= 11 is 11.9. The van der Waals surface area contributed by atoms with Crippen LogP contribution in [0, 0.1) is 0 Å². The van der Waals surface area contributed by atoms with Crippen LogP contribution in [0.25, 0.3) is 11.1 Å². The highest BCUT2D eigenvalue weighted by atomic mass is 35.5. The lowest BCUT2D eigenvalue weighted by molar-refractivity contribution is 0.494. The number of rotatable bonds is 3. The summed E-state index contributed by atoms with van der Waals surface area (Å²) in [6.07, 6.45) is 2.49. The maximum absolute atomic E-state index is 6.01. The van der Waals surface area contributed by atoms with Gasteiger partial charge in [0.15, 0.2) is 5.58 Å². The molecule has 1 aromatic carbocycles. The van der Waals surface area contributed by atoms with Gasteiger partial charge in [-0.2, -0.15) is 0 Å². The van der Waals surface area contributed by atoms with Gasteiger partial charge in [0.2, 0.25) is 5.89 Å². The Kier molecular flexibility index (Phi) is 2.54. The predicted octanol–water partition coefficient (Wildman–Crippen LogP) is 3.39. The number of hydrogen-bond donors (Lipinski definition) is 1. The highest BCUT2D eigenvalue weighted by Gasteiger charge is 2.21. The number of benzene rings is 1. The van der Waals surface area contributed by atoms with E-state index in [4.69, 9.17) is 27.6 Å². The summed E-state index contributed by atoms with van der Waals surface area (Å²) in [6, 6.07) is 4.05. The first-order valence-electron chi connectivity index (χ1n) is 5.20. The van der Waals surface area contributed by atoms with Crippen LogP contribution in [-0.4, -0.2) is 11.0 Å². The van der Waals surface area contributed by atoms with Crippen molar-refractivity contribution in [1.29, 1.82) is 0 Å². The average Bonchev–Trinajstić information content (AvgIpc) is 2.96. The molecule has 1 N–H and O–H groups in total. The molecule has 3 nitrogen and oxygen atoms in total. The van der Waals surface area contributed by atoms with Gasteiger partial charge in [-0.1, -0.05) is 23.2 Å². The maximum Gasteiger partial charge on any atom is 0.209 e. The molecule has 1 heterocycles. The van der Waals surface area contributed by atoms with Crippen molar-refractivity contribution in [2.45, 2.75) is 25.4 Å². The Balaban J connectivity index is 1.91. The summed E-state index contributed by atoms with van der Waals surface area (Å²) in [4.78, 5) is 4.34. The van der Waals surface area contributed by atoms with Gasteiger partial charge in [0.05, 0.1) is 11.6 Å². The molecule has 0 bridgehead atoms. The zero-order chi connectivity index (χ0) is 11.1. The Morgan fingerprint density at radius 2 is 2.19 bits per heavy atom. The van der Waals surface area contributed by atoms with Gasteiger partial charge in [-0.15, -0.1) is 0 Å². The van der Waals surface area contributed by atoms with Gasteiger partial charge in [-0.25, -0.2) is 4.98 Å². The lowest BCUT2D eigenvalue weighted by atomic mass is 10.3. The molecule has 1 aromatic heterocycles. The van der Waals surface area contributed by atoms with Gasteiger partial charge in [0.25, 0.3) is 0 Å². The van der Waals surface area contributed by atoms with Crippen LogP contribution >= 0.6 is 23.2 Å². The van der Waals surface area contributed by atoms with Crippen LogP contribution in [0.1, 0.15) is 18.7 Å². The number of oxazole rings is 1. The summed E-state index contributed by atoms with van der Waals surface area (Å²) in [6.45, 7) is 0.646.